The summed E-state index contributed by atoms with van der Waals surface area (Å²) < 4.78 is 0. The monoisotopic (exact) mass is 283 g/mol. The zero-order valence-electron chi connectivity index (χ0n) is 12.6. The fourth-order valence-electron chi connectivity index (χ4n) is 3.13. The predicted octanol–water partition coefficient (Wildman–Crippen LogP) is 2.84. The Labute approximate surface area is 124 Å². The summed E-state index contributed by atoms with van der Waals surface area (Å²) in [5.74, 6) is 5.62. The molecule has 110 valence electrons. The zero-order chi connectivity index (χ0) is 15.0. The van der Waals surface area contributed by atoms with Gasteiger partial charge in [-0.2, -0.15) is 0 Å². The van der Waals surface area contributed by atoms with Gasteiger partial charge in [-0.1, -0.05) is 19.9 Å². The maximum atomic E-state index is 12.3. The summed E-state index contributed by atoms with van der Waals surface area (Å²) in [6.07, 6.45) is 4.10. The van der Waals surface area contributed by atoms with Gasteiger partial charge in [0.1, 0.15) is 0 Å². The number of aryl methyl sites for hydroxylation is 1. The van der Waals surface area contributed by atoms with Gasteiger partial charge in [-0.05, 0) is 54.9 Å². The summed E-state index contributed by atoms with van der Waals surface area (Å²) in [7, 11) is 0. The Morgan fingerprint density at radius 2 is 2.05 bits per heavy atom. The Kier molecular flexibility index (Phi) is 3.64. The van der Waals surface area contributed by atoms with Crippen molar-refractivity contribution in [2.24, 2.45) is 5.84 Å². The van der Waals surface area contributed by atoms with E-state index in [2.05, 4.69) is 31.4 Å². The third-order valence-electron chi connectivity index (χ3n) is 4.31. The molecule has 0 fully saturated rings. The van der Waals surface area contributed by atoms with Gasteiger partial charge in [0.15, 0.2) is 0 Å². The molecule has 0 spiro atoms. The second-order valence-corrected chi connectivity index (χ2v) is 6.02. The molecule has 3 rings (SSSR count). The molecule has 0 saturated heterocycles. The minimum atomic E-state index is -0.207. The summed E-state index contributed by atoms with van der Waals surface area (Å²) in [6, 6.07) is 6.21. The number of amides is 1. The van der Waals surface area contributed by atoms with Crippen LogP contribution in [0.3, 0.4) is 0 Å². The third-order valence-corrected chi connectivity index (χ3v) is 4.31. The largest absolute Gasteiger partial charge is 0.290 e. The number of benzene rings is 1. The minimum Gasteiger partial charge on any atom is -0.290 e. The van der Waals surface area contributed by atoms with E-state index in [1.54, 1.807) is 0 Å². The van der Waals surface area contributed by atoms with Gasteiger partial charge in [0, 0.05) is 11.1 Å². The van der Waals surface area contributed by atoms with Crippen molar-refractivity contribution >= 4 is 16.8 Å². The maximum Gasteiger partial charge on any atom is 0.266 e. The van der Waals surface area contributed by atoms with Crippen LogP contribution in [0.1, 0.15) is 59.8 Å². The summed E-state index contributed by atoms with van der Waals surface area (Å²) in [5.41, 5.74) is 7.27. The molecule has 21 heavy (non-hydrogen) atoms. The average molecular weight is 283 g/mol. The topological polar surface area (TPSA) is 68.0 Å². The second-order valence-electron chi connectivity index (χ2n) is 6.02. The number of nitrogens with zero attached hydrogens (tertiary/aromatic N) is 1. The molecule has 3 N–H and O–H groups in total. The van der Waals surface area contributed by atoms with Gasteiger partial charge < -0.3 is 0 Å². The van der Waals surface area contributed by atoms with Gasteiger partial charge in [0.05, 0.1) is 11.1 Å². The molecule has 1 aromatic heterocycles. The lowest BCUT2D eigenvalue weighted by Crippen LogP contribution is -2.32. The Morgan fingerprint density at radius 1 is 1.29 bits per heavy atom. The van der Waals surface area contributed by atoms with Crippen molar-refractivity contribution in [1.29, 1.82) is 0 Å². The van der Waals surface area contributed by atoms with E-state index >= 15 is 0 Å². The normalized spacial score (nSPS) is 14.3. The van der Waals surface area contributed by atoms with E-state index in [1.165, 1.54) is 5.56 Å². The number of carbonyl (C=O) groups is 1. The molecule has 0 saturated carbocycles. The van der Waals surface area contributed by atoms with Crippen molar-refractivity contribution in [3.63, 3.8) is 0 Å². The number of carbonyl (C=O) groups excluding carboxylic acids is 1. The first-order chi connectivity index (χ1) is 10.1. The molecule has 0 atom stereocenters. The SMILES string of the molecule is CC(C)c1ccc2nc3c(c(C(=O)NN)c2c1)CCCC3. The first kappa shape index (κ1) is 14.0. The van der Waals surface area contributed by atoms with E-state index in [4.69, 9.17) is 10.8 Å². The van der Waals surface area contributed by atoms with Crippen LogP contribution in [0, 0.1) is 0 Å². The van der Waals surface area contributed by atoms with Crippen LogP contribution >= 0.6 is 0 Å². The second kappa shape index (κ2) is 5.45. The summed E-state index contributed by atoms with van der Waals surface area (Å²) in [5, 5.41) is 0.921. The molecule has 1 aliphatic rings. The van der Waals surface area contributed by atoms with Gasteiger partial charge in [0.2, 0.25) is 0 Å². The fourth-order valence-corrected chi connectivity index (χ4v) is 3.13. The highest BCUT2D eigenvalue weighted by Crippen LogP contribution is 2.31. The number of nitrogen functional groups attached to an aromatic ring is 1. The number of hydrogen-bond acceptors (Lipinski definition) is 3. The molecule has 1 aromatic carbocycles. The Bertz CT molecular complexity index is 707. The molecule has 1 heterocycles. The fraction of sp³-hybridized carbons (Fsp3) is 0.412. The van der Waals surface area contributed by atoms with Crippen LogP contribution in [0.4, 0.5) is 0 Å². The van der Waals surface area contributed by atoms with Crippen LogP contribution in [-0.2, 0) is 12.8 Å². The van der Waals surface area contributed by atoms with E-state index in [0.717, 1.165) is 53.4 Å². The number of fused-ring (bicyclic) bond motifs is 2. The lowest BCUT2D eigenvalue weighted by Gasteiger charge is -2.20. The van der Waals surface area contributed by atoms with Gasteiger partial charge in [-0.25, -0.2) is 5.84 Å². The van der Waals surface area contributed by atoms with Crippen LogP contribution in [0.25, 0.3) is 10.9 Å². The van der Waals surface area contributed by atoms with Gasteiger partial charge in [-0.15, -0.1) is 0 Å². The van der Waals surface area contributed by atoms with Crippen molar-refractivity contribution in [2.45, 2.75) is 45.4 Å². The molecular formula is C17H21N3O. The molecule has 1 aliphatic carbocycles. The zero-order valence-corrected chi connectivity index (χ0v) is 12.6. The van der Waals surface area contributed by atoms with Crippen LogP contribution in [-0.4, -0.2) is 10.9 Å². The van der Waals surface area contributed by atoms with Crippen LogP contribution in [0.15, 0.2) is 18.2 Å². The summed E-state index contributed by atoms with van der Waals surface area (Å²) >= 11 is 0. The Morgan fingerprint density at radius 3 is 2.76 bits per heavy atom. The van der Waals surface area contributed by atoms with Gasteiger partial charge >= 0.3 is 0 Å². The number of aromatic nitrogens is 1. The maximum absolute atomic E-state index is 12.3. The molecule has 4 nitrogen and oxygen atoms in total. The molecule has 2 aromatic rings. The molecule has 1 amide bonds. The number of rotatable bonds is 2. The smallest absolute Gasteiger partial charge is 0.266 e. The van der Waals surface area contributed by atoms with Crippen LogP contribution < -0.4 is 11.3 Å². The van der Waals surface area contributed by atoms with Crippen molar-refractivity contribution in [2.75, 3.05) is 0 Å². The van der Waals surface area contributed by atoms with Crippen LogP contribution in [0.5, 0.6) is 0 Å². The Hall–Kier alpha value is -1.94. The lowest BCUT2D eigenvalue weighted by atomic mass is 9.88. The van der Waals surface area contributed by atoms with E-state index in [0.29, 0.717) is 5.92 Å². The number of nitrogens with one attached hydrogen (secondary N) is 1. The quantitative estimate of drug-likeness (QED) is 0.506. The summed E-state index contributed by atoms with van der Waals surface area (Å²) in [4.78, 5) is 17.1. The highest BCUT2D eigenvalue weighted by molar-refractivity contribution is 6.07. The highest BCUT2D eigenvalue weighted by Gasteiger charge is 2.22. The molecule has 0 unspecified atom stereocenters. The lowest BCUT2D eigenvalue weighted by molar-refractivity contribution is 0.0954. The Balaban J connectivity index is 2.33. The summed E-state index contributed by atoms with van der Waals surface area (Å²) in [6.45, 7) is 4.30. The predicted molar refractivity (Wildman–Crippen MR) is 84.1 cm³/mol. The van der Waals surface area contributed by atoms with E-state index in [1.807, 2.05) is 6.07 Å². The minimum absolute atomic E-state index is 0.207. The molecule has 0 radical (unpaired) electrons. The van der Waals surface area contributed by atoms with E-state index in [-0.39, 0.29) is 5.91 Å². The number of nitrogens with two attached hydrogens (primary N) is 1. The molecule has 4 heteroatoms. The number of pyridine rings is 1. The van der Waals surface area contributed by atoms with Gasteiger partial charge in [0.25, 0.3) is 5.91 Å². The molecule has 0 bridgehead atoms. The highest BCUT2D eigenvalue weighted by atomic mass is 16.2. The van der Waals surface area contributed by atoms with Crippen molar-refractivity contribution in [1.82, 2.24) is 10.4 Å². The number of hydrogen-bond donors (Lipinski definition) is 2. The van der Waals surface area contributed by atoms with Gasteiger partial charge in [-0.3, -0.25) is 15.2 Å². The first-order valence-corrected chi connectivity index (χ1v) is 7.58. The third kappa shape index (κ3) is 2.40. The van der Waals surface area contributed by atoms with Crippen molar-refractivity contribution in [3.05, 3.63) is 40.6 Å². The average Bonchev–Trinajstić information content (AvgIpc) is 2.51. The molecule has 0 aliphatic heterocycles. The van der Waals surface area contributed by atoms with Crippen molar-refractivity contribution < 1.29 is 4.79 Å². The number of hydrazine groups is 1. The van der Waals surface area contributed by atoms with E-state index in [9.17, 15) is 4.79 Å². The first-order valence-electron chi connectivity index (χ1n) is 7.58. The molecular weight excluding hydrogens is 262 g/mol. The van der Waals surface area contributed by atoms with Crippen molar-refractivity contribution in [3.8, 4) is 0 Å². The van der Waals surface area contributed by atoms with Crippen LogP contribution in [0.2, 0.25) is 0 Å². The standard InChI is InChI=1S/C17H21N3O/c1-10(2)11-7-8-15-13(9-11)16(17(21)20-18)12-5-3-4-6-14(12)19-15/h7-10H,3-6,18H2,1-2H3,(H,20,21). The van der Waals surface area contributed by atoms with E-state index < -0.39 is 0 Å².